The molecule has 1 atom stereocenters. The number of ether oxygens (including phenoxy) is 3. The highest BCUT2D eigenvalue weighted by molar-refractivity contribution is 9.10. The van der Waals surface area contributed by atoms with E-state index in [0.717, 1.165) is 10.0 Å². The number of amides is 1. The van der Waals surface area contributed by atoms with Crippen LogP contribution >= 0.6 is 15.9 Å². The second-order valence-corrected chi connectivity index (χ2v) is 6.33. The summed E-state index contributed by atoms with van der Waals surface area (Å²) in [7, 11) is 1.55. The third-order valence-corrected chi connectivity index (χ3v) is 4.18. The fourth-order valence-corrected chi connectivity index (χ4v) is 2.86. The van der Waals surface area contributed by atoms with Gasteiger partial charge in [0.25, 0.3) is 5.91 Å². The number of hydrogen-bond acceptors (Lipinski definition) is 5. The van der Waals surface area contributed by atoms with E-state index in [2.05, 4.69) is 21.2 Å². The maximum absolute atomic E-state index is 12.1. The van der Waals surface area contributed by atoms with Gasteiger partial charge in [0.2, 0.25) is 0 Å². The number of hydrogen-bond donors (Lipinski definition) is 1. The number of methoxy groups -OCH3 is 1. The Morgan fingerprint density at radius 1 is 1.28 bits per heavy atom. The zero-order chi connectivity index (χ0) is 17.8. The van der Waals surface area contributed by atoms with E-state index in [1.165, 1.54) is 0 Å². The van der Waals surface area contributed by atoms with Crippen LogP contribution in [0.5, 0.6) is 11.5 Å². The van der Waals surface area contributed by atoms with Crippen LogP contribution in [0.1, 0.15) is 12.0 Å². The third kappa shape index (κ3) is 4.11. The number of esters is 1. The second kappa shape index (κ2) is 7.57. The molecule has 0 saturated carbocycles. The molecular weight excluding hydrogens is 390 g/mol. The van der Waals surface area contributed by atoms with Crippen molar-refractivity contribution in [2.45, 2.75) is 19.1 Å². The molecule has 0 bridgehead atoms. The average molecular weight is 406 g/mol. The predicted octanol–water partition coefficient (Wildman–Crippen LogP) is 3.29. The summed E-state index contributed by atoms with van der Waals surface area (Å²) < 4.78 is 16.9. The predicted molar refractivity (Wildman–Crippen MR) is 94.6 cm³/mol. The van der Waals surface area contributed by atoms with E-state index < -0.39 is 12.1 Å². The summed E-state index contributed by atoms with van der Waals surface area (Å²) in [4.78, 5) is 24.1. The smallest absolute Gasteiger partial charge is 0.310 e. The van der Waals surface area contributed by atoms with Crippen molar-refractivity contribution in [1.29, 1.82) is 0 Å². The molecule has 25 heavy (non-hydrogen) atoms. The van der Waals surface area contributed by atoms with Crippen molar-refractivity contribution in [3.05, 3.63) is 52.5 Å². The molecule has 3 rings (SSSR count). The summed E-state index contributed by atoms with van der Waals surface area (Å²) in [5.74, 6) is 0.266. The molecule has 1 N–H and O–H groups in total. The van der Waals surface area contributed by atoms with Crippen molar-refractivity contribution in [2.75, 3.05) is 12.4 Å². The molecule has 7 heteroatoms. The van der Waals surface area contributed by atoms with Crippen LogP contribution in [0.25, 0.3) is 0 Å². The molecule has 0 saturated heterocycles. The Balaban J connectivity index is 1.60. The van der Waals surface area contributed by atoms with Gasteiger partial charge >= 0.3 is 5.97 Å². The Labute approximate surface area is 153 Å². The number of para-hydroxylation sites is 2. The first-order valence-corrected chi connectivity index (χ1v) is 8.40. The molecule has 0 spiro atoms. The van der Waals surface area contributed by atoms with Gasteiger partial charge in [-0.25, -0.2) is 0 Å². The Hall–Kier alpha value is -2.54. The molecule has 6 nitrogen and oxygen atoms in total. The SMILES string of the molecule is COc1ccc(Br)cc1COC(=O)C[C@H]1Oc2ccccc2NC1=O. The monoisotopic (exact) mass is 405 g/mol. The second-order valence-electron chi connectivity index (χ2n) is 5.41. The molecule has 130 valence electrons. The number of carbonyl (C=O) groups is 2. The van der Waals surface area contributed by atoms with Gasteiger partial charge in [-0.1, -0.05) is 28.1 Å². The summed E-state index contributed by atoms with van der Waals surface area (Å²) in [6.07, 6.45) is -1.08. The minimum atomic E-state index is -0.910. The fourth-order valence-electron chi connectivity index (χ4n) is 2.46. The summed E-state index contributed by atoms with van der Waals surface area (Å²) in [5, 5.41) is 2.72. The quantitative estimate of drug-likeness (QED) is 0.772. The van der Waals surface area contributed by atoms with E-state index in [-0.39, 0.29) is 18.9 Å². The van der Waals surface area contributed by atoms with Crippen LogP contribution in [0.15, 0.2) is 46.9 Å². The van der Waals surface area contributed by atoms with Gasteiger partial charge in [0.15, 0.2) is 6.10 Å². The van der Waals surface area contributed by atoms with Crippen LogP contribution in [-0.2, 0) is 20.9 Å². The first kappa shape index (κ1) is 17.3. The van der Waals surface area contributed by atoms with E-state index in [1.807, 2.05) is 12.1 Å². The number of fused-ring (bicyclic) bond motifs is 1. The van der Waals surface area contributed by atoms with Gasteiger partial charge in [-0.3, -0.25) is 9.59 Å². The number of anilines is 1. The lowest BCUT2D eigenvalue weighted by atomic mass is 10.1. The molecule has 0 radical (unpaired) electrons. The molecular formula is C18H16BrNO5. The van der Waals surface area contributed by atoms with E-state index in [1.54, 1.807) is 37.4 Å². The molecule has 1 aliphatic rings. The Bertz CT molecular complexity index is 808. The number of nitrogens with one attached hydrogen (secondary N) is 1. The van der Waals surface area contributed by atoms with Crippen LogP contribution in [-0.4, -0.2) is 25.1 Å². The Morgan fingerprint density at radius 2 is 2.08 bits per heavy atom. The molecule has 1 amide bonds. The molecule has 1 heterocycles. The number of halogens is 1. The van der Waals surface area contributed by atoms with Gasteiger partial charge in [-0.05, 0) is 30.3 Å². The zero-order valence-corrected chi connectivity index (χ0v) is 15.0. The Morgan fingerprint density at radius 3 is 2.88 bits per heavy atom. The first-order chi connectivity index (χ1) is 12.1. The normalized spacial score (nSPS) is 15.6. The maximum Gasteiger partial charge on any atom is 0.310 e. The van der Waals surface area contributed by atoms with Crippen LogP contribution in [0.2, 0.25) is 0 Å². The molecule has 2 aromatic rings. The molecule has 0 fully saturated rings. The molecule has 1 aliphatic heterocycles. The number of rotatable bonds is 5. The summed E-state index contributed by atoms with van der Waals surface area (Å²) in [5.41, 5.74) is 1.32. The van der Waals surface area contributed by atoms with E-state index >= 15 is 0 Å². The van der Waals surface area contributed by atoms with Gasteiger partial charge in [0.1, 0.15) is 18.1 Å². The van der Waals surface area contributed by atoms with Crippen molar-refractivity contribution < 1.29 is 23.8 Å². The van der Waals surface area contributed by atoms with E-state index in [0.29, 0.717) is 17.2 Å². The third-order valence-electron chi connectivity index (χ3n) is 3.69. The molecule has 0 unspecified atom stereocenters. The number of carbonyl (C=O) groups excluding carboxylic acids is 2. The molecule has 0 aromatic heterocycles. The summed E-state index contributed by atoms with van der Waals surface area (Å²) in [6.45, 7) is 0.0480. The molecule has 2 aromatic carbocycles. The van der Waals surface area contributed by atoms with Crippen LogP contribution in [0.4, 0.5) is 5.69 Å². The van der Waals surface area contributed by atoms with Crippen molar-refractivity contribution in [3.8, 4) is 11.5 Å². The molecule has 0 aliphatic carbocycles. The topological polar surface area (TPSA) is 73.9 Å². The van der Waals surface area contributed by atoms with E-state index in [4.69, 9.17) is 14.2 Å². The van der Waals surface area contributed by atoms with Crippen molar-refractivity contribution >= 4 is 33.5 Å². The van der Waals surface area contributed by atoms with Crippen LogP contribution < -0.4 is 14.8 Å². The first-order valence-electron chi connectivity index (χ1n) is 7.61. The van der Waals surface area contributed by atoms with Crippen LogP contribution in [0.3, 0.4) is 0 Å². The van der Waals surface area contributed by atoms with Crippen molar-refractivity contribution in [1.82, 2.24) is 0 Å². The lowest BCUT2D eigenvalue weighted by Gasteiger charge is -2.25. The highest BCUT2D eigenvalue weighted by Gasteiger charge is 2.30. The van der Waals surface area contributed by atoms with Gasteiger partial charge < -0.3 is 19.5 Å². The van der Waals surface area contributed by atoms with Crippen LogP contribution in [0, 0.1) is 0 Å². The minimum absolute atomic E-state index is 0.0480. The summed E-state index contributed by atoms with van der Waals surface area (Å²) in [6, 6.07) is 12.5. The zero-order valence-electron chi connectivity index (χ0n) is 13.5. The minimum Gasteiger partial charge on any atom is -0.496 e. The summed E-state index contributed by atoms with van der Waals surface area (Å²) >= 11 is 3.37. The highest BCUT2D eigenvalue weighted by Crippen LogP contribution is 2.30. The van der Waals surface area contributed by atoms with Gasteiger partial charge in [0.05, 0.1) is 19.2 Å². The van der Waals surface area contributed by atoms with Gasteiger partial charge in [-0.2, -0.15) is 0 Å². The largest absolute Gasteiger partial charge is 0.496 e. The Kier molecular flexibility index (Phi) is 5.23. The lowest BCUT2D eigenvalue weighted by Crippen LogP contribution is -2.38. The standard InChI is InChI=1S/C18H16BrNO5/c1-23-14-7-6-12(19)8-11(14)10-24-17(21)9-16-18(22)20-13-4-2-3-5-15(13)25-16/h2-8,16H,9-10H2,1H3,(H,20,22)/t16-/m1/s1. The van der Waals surface area contributed by atoms with Crippen molar-refractivity contribution in [2.24, 2.45) is 0 Å². The highest BCUT2D eigenvalue weighted by atomic mass is 79.9. The van der Waals surface area contributed by atoms with E-state index in [9.17, 15) is 9.59 Å². The fraction of sp³-hybridized carbons (Fsp3) is 0.222. The average Bonchev–Trinajstić information content (AvgIpc) is 2.60. The van der Waals surface area contributed by atoms with Crippen molar-refractivity contribution in [3.63, 3.8) is 0 Å². The van der Waals surface area contributed by atoms with Gasteiger partial charge in [-0.15, -0.1) is 0 Å². The number of benzene rings is 2. The maximum atomic E-state index is 12.1. The lowest BCUT2D eigenvalue weighted by molar-refractivity contribution is -0.149. The van der Waals surface area contributed by atoms with Gasteiger partial charge in [0, 0.05) is 10.0 Å².